The zero-order valence-electron chi connectivity index (χ0n) is 17.7. The van der Waals surface area contributed by atoms with Gasteiger partial charge in [-0.3, -0.25) is 9.59 Å². The van der Waals surface area contributed by atoms with Gasteiger partial charge in [0.1, 0.15) is 11.5 Å². The molecular weight excluding hydrogens is 400 g/mol. The molecule has 30 heavy (non-hydrogen) atoms. The van der Waals surface area contributed by atoms with E-state index in [0.717, 1.165) is 48.6 Å². The number of hydrogen-bond donors (Lipinski definition) is 1. The van der Waals surface area contributed by atoms with Gasteiger partial charge in [0.05, 0.1) is 12.9 Å². The summed E-state index contributed by atoms with van der Waals surface area (Å²) in [5.41, 5.74) is 1.01. The van der Waals surface area contributed by atoms with Crippen LogP contribution in [0, 0.1) is 5.92 Å². The molecule has 2 heterocycles. The highest BCUT2D eigenvalue weighted by molar-refractivity contribution is 7.97. The Bertz CT molecular complexity index is 851. The van der Waals surface area contributed by atoms with Crippen LogP contribution in [0.4, 0.5) is 0 Å². The van der Waals surface area contributed by atoms with Crippen molar-refractivity contribution in [1.29, 1.82) is 0 Å². The average Bonchev–Trinajstić information content (AvgIpc) is 3.25. The highest BCUT2D eigenvalue weighted by Gasteiger charge is 2.26. The molecule has 1 atom stereocenters. The Morgan fingerprint density at radius 1 is 1.30 bits per heavy atom. The van der Waals surface area contributed by atoms with E-state index in [2.05, 4.69) is 5.32 Å². The molecule has 0 spiro atoms. The standard InChI is InChI=1S/C23H30N2O4S/c1-28-19-7-3-5-18(13-19)14-24-22(26)11-8-17-6-4-12-25(15-17)23(27)21-10-9-20(29-21)16-30-2/h3,5,7,9-10,13,17H,4,6,8,11-12,14-16H2,1-2H3,(H,24,26)/t17-/m1/s1. The molecule has 0 aliphatic carbocycles. The summed E-state index contributed by atoms with van der Waals surface area (Å²) >= 11 is 1.67. The lowest BCUT2D eigenvalue weighted by atomic mass is 9.93. The SMILES string of the molecule is COc1cccc(CNC(=O)CC[C@H]2CCCN(C(=O)c3ccc(CSC)o3)C2)c1. The van der Waals surface area contributed by atoms with Crippen molar-refractivity contribution in [2.24, 2.45) is 5.92 Å². The lowest BCUT2D eigenvalue weighted by Gasteiger charge is -2.32. The topological polar surface area (TPSA) is 71.8 Å². The van der Waals surface area contributed by atoms with Crippen LogP contribution >= 0.6 is 11.8 Å². The molecule has 162 valence electrons. The number of furan rings is 1. The number of likely N-dealkylation sites (tertiary alicyclic amines) is 1. The Balaban J connectivity index is 1.43. The second kappa shape index (κ2) is 11.1. The third kappa shape index (κ3) is 6.29. The third-order valence-electron chi connectivity index (χ3n) is 5.37. The summed E-state index contributed by atoms with van der Waals surface area (Å²) in [5.74, 6) is 3.11. The van der Waals surface area contributed by atoms with Gasteiger partial charge in [-0.2, -0.15) is 11.8 Å². The molecule has 1 N–H and O–H groups in total. The maximum absolute atomic E-state index is 12.7. The normalized spacial score (nSPS) is 16.3. The van der Waals surface area contributed by atoms with Gasteiger partial charge < -0.3 is 19.4 Å². The van der Waals surface area contributed by atoms with E-state index in [9.17, 15) is 9.59 Å². The number of carbonyl (C=O) groups excluding carboxylic acids is 2. The minimum Gasteiger partial charge on any atom is -0.497 e. The first kappa shape index (κ1) is 22.3. The lowest BCUT2D eigenvalue weighted by Crippen LogP contribution is -2.40. The van der Waals surface area contributed by atoms with Crippen molar-refractivity contribution >= 4 is 23.6 Å². The van der Waals surface area contributed by atoms with E-state index in [4.69, 9.17) is 9.15 Å². The lowest BCUT2D eigenvalue weighted by molar-refractivity contribution is -0.121. The Labute approximate surface area is 182 Å². The van der Waals surface area contributed by atoms with Gasteiger partial charge in [-0.1, -0.05) is 12.1 Å². The summed E-state index contributed by atoms with van der Waals surface area (Å²) in [6.07, 6.45) is 5.26. The number of piperidine rings is 1. The van der Waals surface area contributed by atoms with Crippen molar-refractivity contribution in [2.45, 2.75) is 38.0 Å². The quantitative estimate of drug-likeness (QED) is 0.648. The maximum atomic E-state index is 12.7. The molecule has 0 bridgehead atoms. The predicted molar refractivity (Wildman–Crippen MR) is 119 cm³/mol. The molecular formula is C23H30N2O4S. The molecule has 3 rings (SSSR count). The van der Waals surface area contributed by atoms with Crippen molar-refractivity contribution in [2.75, 3.05) is 26.5 Å². The number of methoxy groups -OCH3 is 1. The summed E-state index contributed by atoms with van der Waals surface area (Å²) in [7, 11) is 1.63. The third-order valence-corrected chi connectivity index (χ3v) is 5.94. The number of nitrogens with one attached hydrogen (secondary N) is 1. The highest BCUT2D eigenvalue weighted by atomic mass is 32.2. The van der Waals surface area contributed by atoms with Crippen molar-refractivity contribution in [1.82, 2.24) is 10.2 Å². The average molecular weight is 431 g/mol. The van der Waals surface area contributed by atoms with Crippen LogP contribution in [0.1, 0.15) is 47.6 Å². The second-order valence-corrected chi connectivity index (χ2v) is 8.49. The molecule has 2 aromatic rings. The van der Waals surface area contributed by atoms with Crippen LogP contribution in [0.15, 0.2) is 40.8 Å². The second-order valence-electron chi connectivity index (χ2n) is 7.63. The van der Waals surface area contributed by atoms with Gasteiger partial charge >= 0.3 is 0 Å². The van der Waals surface area contributed by atoms with E-state index in [1.807, 2.05) is 41.5 Å². The van der Waals surface area contributed by atoms with Crippen LogP contribution in [0.3, 0.4) is 0 Å². The molecule has 1 aliphatic heterocycles. The Hall–Kier alpha value is -2.41. The Morgan fingerprint density at radius 3 is 2.97 bits per heavy atom. The largest absolute Gasteiger partial charge is 0.497 e. The van der Waals surface area contributed by atoms with E-state index in [1.165, 1.54) is 0 Å². The minimum absolute atomic E-state index is 0.0361. The number of nitrogens with zero attached hydrogens (tertiary/aromatic N) is 1. The van der Waals surface area contributed by atoms with Gasteiger partial charge in [0.15, 0.2) is 5.76 Å². The first-order valence-corrected chi connectivity index (χ1v) is 11.7. The van der Waals surface area contributed by atoms with E-state index in [0.29, 0.717) is 31.2 Å². The molecule has 1 aromatic heterocycles. The van der Waals surface area contributed by atoms with Crippen molar-refractivity contribution in [3.63, 3.8) is 0 Å². The molecule has 2 amide bonds. The minimum atomic E-state index is -0.0467. The van der Waals surface area contributed by atoms with Gasteiger partial charge in [-0.15, -0.1) is 0 Å². The van der Waals surface area contributed by atoms with Gasteiger partial charge in [-0.05, 0) is 61.3 Å². The van der Waals surface area contributed by atoms with E-state index >= 15 is 0 Å². The smallest absolute Gasteiger partial charge is 0.289 e. The maximum Gasteiger partial charge on any atom is 0.289 e. The van der Waals surface area contributed by atoms with E-state index in [1.54, 1.807) is 24.9 Å². The number of carbonyl (C=O) groups is 2. The fourth-order valence-corrected chi connectivity index (χ4v) is 4.20. The van der Waals surface area contributed by atoms with Crippen LogP contribution in [0.5, 0.6) is 5.75 Å². The molecule has 1 fully saturated rings. The summed E-state index contributed by atoms with van der Waals surface area (Å²) < 4.78 is 10.9. The van der Waals surface area contributed by atoms with E-state index < -0.39 is 0 Å². The highest BCUT2D eigenvalue weighted by Crippen LogP contribution is 2.23. The summed E-state index contributed by atoms with van der Waals surface area (Å²) in [6.45, 7) is 1.92. The fraction of sp³-hybridized carbons (Fsp3) is 0.478. The van der Waals surface area contributed by atoms with E-state index in [-0.39, 0.29) is 11.8 Å². The number of hydrogen-bond acceptors (Lipinski definition) is 5. The molecule has 7 heteroatoms. The zero-order valence-corrected chi connectivity index (χ0v) is 18.5. The van der Waals surface area contributed by atoms with Crippen LogP contribution < -0.4 is 10.1 Å². The van der Waals surface area contributed by atoms with Crippen molar-refractivity contribution in [3.8, 4) is 5.75 Å². The van der Waals surface area contributed by atoms with Gasteiger partial charge in [-0.25, -0.2) is 0 Å². The van der Waals surface area contributed by atoms with Crippen molar-refractivity contribution < 1.29 is 18.7 Å². The Kier molecular flexibility index (Phi) is 8.25. The van der Waals surface area contributed by atoms with Crippen LogP contribution in [-0.4, -0.2) is 43.2 Å². The van der Waals surface area contributed by atoms with Gasteiger partial charge in [0, 0.05) is 26.1 Å². The summed E-state index contributed by atoms with van der Waals surface area (Å²) in [5, 5.41) is 2.97. The first-order chi connectivity index (χ1) is 14.6. The molecule has 0 saturated carbocycles. The summed E-state index contributed by atoms with van der Waals surface area (Å²) in [6, 6.07) is 11.3. The van der Waals surface area contributed by atoms with Crippen LogP contribution in [0.25, 0.3) is 0 Å². The molecule has 6 nitrogen and oxygen atoms in total. The number of benzene rings is 1. The Morgan fingerprint density at radius 2 is 2.17 bits per heavy atom. The van der Waals surface area contributed by atoms with Crippen molar-refractivity contribution in [3.05, 3.63) is 53.5 Å². The fourth-order valence-electron chi connectivity index (χ4n) is 3.76. The summed E-state index contributed by atoms with van der Waals surface area (Å²) in [4.78, 5) is 26.9. The zero-order chi connectivity index (χ0) is 21.3. The molecule has 0 unspecified atom stereocenters. The molecule has 1 aliphatic rings. The van der Waals surface area contributed by atoms with Crippen LogP contribution in [-0.2, 0) is 17.1 Å². The monoisotopic (exact) mass is 430 g/mol. The molecule has 1 aromatic carbocycles. The molecule has 1 saturated heterocycles. The van der Waals surface area contributed by atoms with Crippen LogP contribution in [0.2, 0.25) is 0 Å². The number of ether oxygens (including phenoxy) is 1. The van der Waals surface area contributed by atoms with Gasteiger partial charge in [0.2, 0.25) is 5.91 Å². The number of amides is 2. The molecule has 0 radical (unpaired) electrons. The number of thioether (sulfide) groups is 1. The van der Waals surface area contributed by atoms with Gasteiger partial charge in [0.25, 0.3) is 5.91 Å². The number of rotatable bonds is 9. The predicted octanol–water partition coefficient (Wildman–Crippen LogP) is 4.10. The first-order valence-electron chi connectivity index (χ1n) is 10.4.